The molecule has 1 rings (SSSR count). The molecule has 0 bridgehead atoms. The van der Waals surface area contributed by atoms with Gasteiger partial charge in [-0.05, 0) is 38.2 Å². The highest BCUT2D eigenvalue weighted by molar-refractivity contribution is 5.20. The van der Waals surface area contributed by atoms with Gasteiger partial charge in [-0.1, -0.05) is 31.9 Å². The highest BCUT2D eigenvalue weighted by Gasteiger charge is 2.13. The maximum absolute atomic E-state index is 13.1. The Morgan fingerprint density at radius 1 is 1.33 bits per heavy atom. The van der Waals surface area contributed by atoms with Crippen LogP contribution in [-0.4, -0.2) is 19.0 Å². The summed E-state index contributed by atoms with van der Waals surface area (Å²) < 4.78 is 13.1. The van der Waals surface area contributed by atoms with Gasteiger partial charge in [0.05, 0.1) is 0 Å². The van der Waals surface area contributed by atoms with E-state index in [4.69, 9.17) is 0 Å². The quantitative estimate of drug-likeness (QED) is 0.716. The first-order valence-corrected chi connectivity index (χ1v) is 5.57. The molecule has 1 aromatic carbocycles. The first-order chi connectivity index (χ1) is 7.15. The summed E-state index contributed by atoms with van der Waals surface area (Å²) in [6, 6.07) is 7.26. The third-order valence-corrected chi connectivity index (χ3v) is 2.69. The Balaban J connectivity index is 2.79. The van der Waals surface area contributed by atoms with E-state index in [-0.39, 0.29) is 5.82 Å². The summed E-state index contributed by atoms with van der Waals surface area (Å²) in [5, 5.41) is 0. The van der Waals surface area contributed by atoms with Gasteiger partial charge in [-0.2, -0.15) is 0 Å². The van der Waals surface area contributed by atoms with Gasteiger partial charge in [0.25, 0.3) is 0 Å². The molecule has 0 saturated heterocycles. The SMILES string of the molecule is CCCCC(c1cccc(F)c1)N(C)C. The molecule has 1 unspecified atom stereocenters. The molecule has 0 spiro atoms. The van der Waals surface area contributed by atoms with E-state index in [2.05, 4.69) is 11.8 Å². The Hall–Kier alpha value is -0.890. The Kier molecular flexibility index (Phi) is 4.76. The van der Waals surface area contributed by atoms with Gasteiger partial charge < -0.3 is 4.90 Å². The lowest BCUT2D eigenvalue weighted by molar-refractivity contribution is 0.278. The zero-order valence-corrected chi connectivity index (χ0v) is 9.83. The molecule has 0 aromatic heterocycles. The molecule has 0 radical (unpaired) electrons. The lowest BCUT2D eigenvalue weighted by atomic mass is 10.0. The van der Waals surface area contributed by atoms with Crippen molar-refractivity contribution in [3.63, 3.8) is 0 Å². The molecule has 0 N–H and O–H groups in total. The van der Waals surface area contributed by atoms with Crippen LogP contribution in [0.3, 0.4) is 0 Å². The summed E-state index contributed by atoms with van der Waals surface area (Å²) in [6.45, 7) is 2.18. The Morgan fingerprint density at radius 2 is 2.07 bits per heavy atom. The van der Waals surface area contributed by atoms with Crippen LogP contribution >= 0.6 is 0 Å². The predicted octanol–water partition coefficient (Wildman–Crippen LogP) is 3.62. The van der Waals surface area contributed by atoms with Gasteiger partial charge in [0, 0.05) is 6.04 Å². The van der Waals surface area contributed by atoms with Crippen molar-refractivity contribution in [1.29, 1.82) is 0 Å². The monoisotopic (exact) mass is 209 g/mol. The van der Waals surface area contributed by atoms with Crippen LogP contribution in [0.1, 0.15) is 37.8 Å². The van der Waals surface area contributed by atoms with Crippen molar-refractivity contribution < 1.29 is 4.39 Å². The number of unbranched alkanes of at least 4 members (excludes halogenated alkanes) is 1. The Labute approximate surface area is 91.9 Å². The maximum atomic E-state index is 13.1. The fourth-order valence-electron chi connectivity index (χ4n) is 1.83. The van der Waals surface area contributed by atoms with Crippen molar-refractivity contribution in [2.24, 2.45) is 0 Å². The smallest absolute Gasteiger partial charge is 0.123 e. The Morgan fingerprint density at radius 3 is 2.60 bits per heavy atom. The molecule has 15 heavy (non-hydrogen) atoms. The van der Waals surface area contributed by atoms with Crippen molar-refractivity contribution in [3.8, 4) is 0 Å². The van der Waals surface area contributed by atoms with Crippen LogP contribution in [0.15, 0.2) is 24.3 Å². The van der Waals surface area contributed by atoms with E-state index < -0.39 is 0 Å². The largest absolute Gasteiger partial charge is 0.302 e. The second-order valence-corrected chi connectivity index (χ2v) is 4.18. The van der Waals surface area contributed by atoms with Gasteiger partial charge in [0.15, 0.2) is 0 Å². The summed E-state index contributed by atoms with van der Waals surface area (Å²) in [4.78, 5) is 2.16. The van der Waals surface area contributed by atoms with Gasteiger partial charge in [-0.3, -0.25) is 0 Å². The van der Waals surface area contributed by atoms with Gasteiger partial charge in [0.2, 0.25) is 0 Å². The number of hydrogen-bond donors (Lipinski definition) is 0. The van der Waals surface area contributed by atoms with Crippen LogP contribution in [0.4, 0.5) is 4.39 Å². The minimum Gasteiger partial charge on any atom is -0.302 e. The molecule has 0 aliphatic carbocycles. The highest BCUT2D eigenvalue weighted by atomic mass is 19.1. The minimum atomic E-state index is -0.143. The van der Waals surface area contributed by atoms with Crippen molar-refractivity contribution in [2.75, 3.05) is 14.1 Å². The molecule has 0 aliphatic heterocycles. The molecular formula is C13H20FN. The third-order valence-electron chi connectivity index (χ3n) is 2.69. The summed E-state index contributed by atoms with van der Waals surface area (Å²) in [6.07, 6.45) is 3.45. The average molecular weight is 209 g/mol. The first kappa shape index (κ1) is 12.2. The fourth-order valence-corrected chi connectivity index (χ4v) is 1.83. The molecule has 1 nitrogen and oxygen atoms in total. The van der Waals surface area contributed by atoms with Crippen molar-refractivity contribution in [3.05, 3.63) is 35.6 Å². The number of halogens is 1. The molecule has 2 heteroatoms. The van der Waals surface area contributed by atoms with Gasteiger partial charge in [-0.25, -0.2) is 4.39 Å². The highest BCUT2D eigenvalue weighted by Crippen LogP contribution is 2.24. The van der Waals surface area contributed by atoms with Crippen LogP contribution < -0.4 is 0 Å². The second-order valence-electron chi connectivity index (χ2n) is 4.18. The number of benzene rings is 1. The molecule has 0 aliphatic rings. The maximum Gasteiger partial charge on any atom is 0.123 e. The molecule has 0 heterocycles. The van der Waals surface area contributed by atoms with Crippen LogP contribution in [0, 0.1) is 5.82 Å². The number of rotatable bonds is 5. The topological polar surface area (TPSA) is 3.24 Å². The van der Waals surface area contributed by atoms with Crippen LogP contribution in [0.25, 0.3) is 0 Å². The zero-order chi connectivity index (χ0) is 11.3. The van der Waals surface area contributed by atoms with E-state index in [1.54, 1.807) is 12.1 Å². The van der Waals surface area contributed by atoms with E-state index in [9.17, 15) is 4.39 Å². The van der Waals surface area contributed by atoms with Crippen molar-refractivity contribution in [1.82, 2.24) is 4.90 Å². The van der Waals surface area contributed by atoms with Crippen LogP contribution in [0.5, 0.6) is 0 Å². The van der Waals surface area contributed by atoms with E-state index in [0.29, 0.717) is 6.04 Å². The van der Waals surface area contributed by atoms with Gasteiger partial charge in [-0.15, -0.1) is 0 Å². The lowest BCUT2D eigenvalue weighted by Gasteiger charge is -2.24. The average Bonchev–Trinajstić information content (AvgIpc) is 2.18. The molecule has 1 atom stereocenters. The summed E-state index contributed by atoms with van der Waals surface area (Å²) in [7, 11) is 4.09. The third kappa shape index (κ3) is 3.63. The normalized spacial score (nSPS) is 13.1. The van der Waals surface area contributed by atoms with E-state index in [1.807, 2.05) is 20.2 Å². The van der Waals surface area contributed by atoms with Crippen molar-refractivity contribution in [2.45, 2.75) is 32.2 Å². The van der Waals surface area contributed by atoms with E-state index in [1.165, 1.54) is 18.9 Å². The summed E-state index contributed by atoms with van der Waals surface area (Å²) in [5.41, 5.74) is 1.08. The fraction of sp³-hybridized carbons (Fsp3) is 0.538. The second kappa shape index (κ2) is 5.86. The molecule has 0 amide bonds. The van der Waals surface area contributed by atoms with Gasteiger partial charge in [0.1, 0.15) is 5.82 Å². The van der Waals surface area contributed by atoms with E-state index >= 15 is 0 Å². The molecule has 1 aromatic rings. The minimum absolute atomic E-state index is 0.143. The predicted molar refractivity (Wildman–Crippen MR) is 62.4 cm³/mol. The van der Waals surface area contributed by atoms with Crippen LogP contribution in [0.2, 0.25) is 0 Å². The number of nitrogens with zero attached hydrogens (tertiary/aromatic N) is 1. The molecule has 0 saturated carbocycles. The molecule has 84 valence electrons. The number of hydrogen-bond acceptors (Lipinski definition) is 1. The first-order valence-electron chi connectivity index (χ1n) is 5.57. The molecular weight excluding hydrogens is 189 g/mol. The van der Waals surface area contributed by atoms with Crippen LogP contribution in [-0.2, 0) is 0 Å². The lowest BCUT2D eigenvalue weighted by Crippen LogP contribution is -2.20. The summed E-state index contributed by atoms with van der Waals surface area (Å²) >= 11 is 0. The zero-order valence-electron chi connectivity index (χ0n) is 9.83. The molecule has 0 fully saturated rings. The van der Waals surface area contributed by atoms with Gasteiger partial charge >= 0.3 is 0 Å². The van der Waals surface area contributed by atoms with Crippen molar-refractivity contribution >= 4 is 0 Å². The summed E-state index contributed by atoms with van der Waals surface area (Å²) in [5.74, 6) is -0.143. The Bertz CT molecular complexity index is 296. The van der Waals surface area contributed by atoms with E-state index in [0.717, 1.165) is 12.0 Å². The standard InChI is InChI=1S/C13H20FN/c1-4-5-9-13(15(2)3)11-7-6-8-12(14)10-11/h6-8,10,13H,4-5,9H2,1-3H3.